The number of aryl methyl sites for hydroxylation is 1. The predicted molar refractivity (Wildman–Crippen MR) is 174 cm³/mol. The van der Waals surface area contributed by atoms with Crippen molar-refractivity contribution < 1.29 is 32.5 Å². The molecule has 1 saturated heterocycles. The Kier molecular flexibility index (Phi) is 8.71. The Hall–Kier alpha value is -4.85. The van der Waals surface area contributed by atoms with Crippen molar-refractivity contribution in [2.75, 3.05) is 45.0 Å². The van der Waals surface area contributed by atoms with E-state index in [4.69, 9.17) is 18.9 Å². The summed E-state index contributed by atoms with van der Waals surface area (Å²) in [7, 11) is 1.41. The molecule has 12 nitrogen and oxygen atoms in total. The second-order valence-electron chi connectivity index (χ2n) is 13.1. The number of benzene rings is 1. The number of rotatable bonds is 6. The molecule has 0 spiro atoms. The third-order valence-electron chi connectivity index (χ3n) is 8.20. The van der Waals surface area contributed by atoms with Crippen LogP contribution in [0.5, 0.6) is 11.5 Å². The molecular formula is C34H38F2N6O6. The molecule has 1 atom stereocenters. The fourth-order valence-corrected chi connectivity index (χ4v) is 6.10. The van der Waals surface area contributed by atoms with Gasteiger partial charge in [0.1, 0.15) is 40.7 Å². The molecule has 0 bridgehead atoms. The molecule has 0 N–H and O–H groups in total. The first-order chi connectivity index (χ1) is 22.8. The van der Waals surface area contributed by atoms with Gasteiger partial charge in [-0.25, -0.2) is 27.9 Å². The van der Waals surface area contributed by atoms with Gasteiger partial charge in [0.05, 0.1) is 23.0 Å². The van der Waals surface area contributed by atoms with E-state index in [-0.39, 0.29) is 72.9 Å². The van der Waals surface area contributed by atoms with Crippen molar-refractivity contribution in [3.8, 4) is 28.4 Å². The Bertz CT molecular complexity index is 1960. The molecule has 1 fully saturated rings. The minimum absolute atomic E-state index is 0.00515. The van der Waals surface area contributed by atoms with E-state index in [1.54, 1.807) is 37.9 Å². The number of ether oxygens (including phenoxy) is 4. The lowest BCUT2D eigenvalue weighted by Gasteiger charge is -2.41. The number of halogens is 2. The summed E-state index contributed by atoms with van der Waals surface area (Å²) in [5, 5.41) is 0.137. The molecule has 14 heteroatoms. The number of carbonyl (C=O) groups is 1. The number of hydrogen-bond donors (Lipinski definition) is 0. The van der Waals surface area contributed by atoms with Crippen LogP contribution in [0.15, 0.2) is 35.3 Å². The number of methoxy groups -OCH3 is 1. The zero-order chi connectivity index (χ0) is 34.5. The van der Waals surface area contributed by atoms with Gasteiger partial charge in [0, 0.05) is 32.9 Å². The first kappa shape index (κ1) is 33.1. The molecule has 254 valence electrons. The minimum Gasteiger partial charge on any atom is -0.487 e. The number of anilines is 1. The number of piperazine rings is 1. The zero-order valence-electron chi connectivity index (χ0n) is 28.0. The van der Waals surface area contributed by atoms with Crippen LogP contribution in [0.3, 0.4) is 0 Å². The summed E-state index contributed by atoms with van der Waals surface area (Å²) in [6.07, 6.45) is 1.15. The van der Waals surface area contributed by atoms with E-state index in [0.717, 1.165) is 6.07 Å². The van der Waals surface area contributed by atoms with E-state index >= 15 is 8.78 Å². The normalized spacial score (nSPS) is 16.1. The maximum atomic E-state index is 16.9. The average molecular weight is 665 g/mol. The van der Waals surface area contributed by atoms with Gasteiger partial charge in [-0.15, -0.1) is 0 Å². The standard InChI is InChI=1S/C34H38F2N6O6/c1-18(2)26-28(19(3)11-12-37-26)42-31-24-29(25(36)27(38-31)23-21(35)9-8-10-22(23)47-17-45-7)46-16-20-15-40(33(44)48-34(4,5)6)13-14-41(20)30(24)39-32(42)43/h8-12,18,20H,13-17H2,1-7H3/t20-/m1/s1. The molecule has 0 radical (unpaired) electrons. The molecule has 1 amide bonds. The first-order valence-corrected chi connectivity index (χ1v) is 15.7. The highest BCUT2D eigenvalue weighted by molar-refractivity contribution is 5.97. The second kappa shape index (κ2) is 12.6. The Balaban J connectivity index is 1.63. The van der Waals surface area contributed by atoms with Crippen LogP contribution in [-0.4, -0.2) is 82.3 Å². The molecule has 48 heavy (non-hydrogen) atoms. The maximum absolute atomic E-state index is 16.9. The van der Waals surface area contributed by atoms with Crippen molar-refractivity contribution in [2.45, 2.75) is 59.1 Å². The SMILES string of the molecule is COCOc1cccc(F)c1-c1nc2c3c(nc(=O)n2-c2c(C)ccnc2C(C)C)N2CCN(C(=O)OC(C)(C)C)C[C@@H]2COc3c1F. The van der Waals surface area contributed by atoms with Crippen LogP contribution in [0.1, 0.15) is 51.8 Å². The van der Waals surface area contributed by atoms with Crippen molar-refractivity contribution in [1.29, 1.82) is 0 Å². The molecule has 6 rings (SSSR count). The Morgan fingerprint density at radius 3 is 2.62 bits per heavy atom. The minimum atomic E-state index is -0.959. The molecule has 2 aliphatic heterocycles. The van der Waals surface area contributed by atoms with Crippen molar-refractivity contribution in [2.24, 2.45) is 0 Å². The fraction of sp³-hybridized carbons (Fsp3) is 0.441. The summed E-state index contributed by atoms with van der Waals surface area (Å²) in [5.41, 5.74) is -0.339. The lowest BCUT2D eigenvalue weighted by Crippen LogP contribution is -2.57. The summed E-state index contributed by atoms with van der Waals surface area (Å²) in [4.78, 5) is 44.4. The highest BCUT2D eigenvalue weighted by atomic mass is 19.1. The van der Waals surface area contributed by atoms with Crippen LogP contribution < -0.4 is 20.1 Å². The van der Waals surface area contributed by atoms with Crippen LogP contribution in [0.25, 0.3) is 28.0 Å². The number of hydrogen-bond acceptors (Lipinski definition) is 10. The van der Waals surface area contributed by atoms with E-state index in [1.807, 2.05) is 25.7 Å². The fourth-order valence-electron chi connectivity index (χ4n) is 6.10. The van der Waals surface area contributed by atoms with Crippen LogP contribution >= 0.6 is 0 Å². The number of carbonyl (C=O) groups excluding carboxylic acids is 1. The highest BCUT2D eigenvalue weighted by Gasteiger charge is 2.39. The van der Waals surface area contributed by atoms with Crippen LogP contribution in [0.4, 0.5) is 19.4 Å². The Labute approximate surface area is 276 Å². The molecule has 5 heterocycles. The molecule has 1 aromatic carbocycles. The molecule has 2 aliphatic rings. The van der Waals surface area contributed by atoms with Gasteiger partial charge in [0.2, 0.25) is 0 Å². The van der Waals surface area contributed by atoms with Gasteiger partial charge in [0.25, 0.3) is 0 Å². The lowest BCUT2D eigenvalue weighted by molar-refractivity contribution is 0.0201. The maximum Gasteiger partial charge on any atom is 0.410 e. The number of nitrogens with zero attached hydrogens (tertiary/aromatic N) is 6. The summed E-state index contributed by atoms with van der Waals surface area (Å²) in [6.45, 7) is 11.4. The van der Waals surface area contributed by atoms with Crippen molar-refractivity contribution >= 4 is 22.9 Å². The Morgan fingerprint density at radius 2 is 1.92 bits per heavy atom. The van der Waals surface area contributed by atoms with Crippen LogP contribution in [0, 0.1) is 18.6 Å². The quantitative estimate of drug-likeness (QED) is 0.249. The lowest BCUT2D eigenvalue weighted by atomic mass is 10.0. The Morgan fingerprint density at radius 1 is 1.15 bits per heavy atom. The van der Waals surface area contributed by atoms with Crippen LogP contribution in [0.2, 0.25) is 0 Å². The molecule has 0 saturated carbocycles. The highest BCUT2D eigenvalue weighted by Crippen LogP contribution is 2.44. The van der Waals surface area contributed by atoms with E-state index < -0.39 is 40.8 Å². The number of pyridine rings is 2. The number of fused-ring (bicyclic) bond motifs is 2. The van der Waals surface area contributed by atoms with Crippen molar-refractivity contribution in [3.05, 3.63) is 63.8 Å². The molecular weight excluding hydrogens is 626 g/mol. The molecule has 4 aromatic rings. The van der Waals surface area contributed by atoms with E-state index in [0.29, 0.717) is 16.9 Å². The summed E-state index contributed by atoms with van der Waals surface area (Å²) in [6, 6.07) is 5.30. The summed E-state index contributed by atoms with van der Waals surface area (Å²) >= 11 is 0. The van der Waals surface area contributed by atoms with E-state index in [2.05, 4.69) is 15.0 Å². The average Bonchev–Trinajstić information content (AvgIpc) is 3.18. The molecule has 0 aliphatic carbocycles. The second-order valence-corrected chi connectivity index (χ2v) is 13.1. The third kappa shape index (κ3) is 5.89. The number of aromatic nitrogens is 4. The van der Waals surface area contributed by atoms with Gasteiger partial charge >= 0.3 is 11.8 Å². The van der Waals surface area contributed by atoms with Gasteiger partial charge in [-0.05, 0) is 57.4 Å². The first-order valence-electron chi connectivity index (χ1n) is 15.7. The largest absolute Gasteiger partial charge is 0.487 e. The third-order valence-corrected chi connectivity index (χ3v) is 8.20. The predicted octanol–water partition coefficient (Wildman–Crippen LogP) is 5.35. The van der Waals surface area contributed by atoms with Crippen molar-refractivity contribution in [1.82, 2.24) is 24.4 Å². The summed E-state index contributed by atoms with van der Waals surface area (Å²) < 4.78 is 56.3. The topological polar surface area (TPSA) is 121 Å². The van der Waals surface area contributed by atoms with E-state index in [1.165, 1.54) is 23.8 Å². The summed E-state index contributed by atoms with van der Waals surface area (Å²) in [5.74, 6) is -1.99. The zero-order valence-corrected chi connectivity index (χ0v) is 28.0. The van der Waals surface area contributed by atoms with Gasteiger partial charge in [-0.2, -0.15) is 4.98 Å². The van der Waals surface area contributed by atoms with Gasteiger partial charge in [-0.3, -0.25) is 4.98 Å². The molecule has 0 unspecified atom stereocenters. The monoisotopic (exact) mass is 664 g/mol. The van der Waals surface area contributed by atoms with Gasteiger partial charge < -0.3 is 28.7 Å². The molecule has 3 aromatic heterocycles. The number of amides is 1. The van der Waals surface area contributed by atoms with E-state index in [9.17, 15) is 9.59 Å². The van der Waals surface area contributed by atoms with Gasteiger partial charge in [-0.1, -0.05) is 19.9 Å². The van der Waals surface area contributed by atoms with Crippen molar-refractivity contribution in [3.63, 3.8) is 0 Å². The van der Waals surface area contributed by atoms with Gasteiger partial charge in [0.15, 0.2) is 24.0 Å². The smallest absolute Gasteiger partial charge is 0.410 e. The van der Waals surface area contributed by atoms with Crippen LogP contribution in [-0.2, 0) is 9.47 Å².